The normalized spacial score (nSPS) is 13.8. The second-order valence-electron chi connectivity index (χ2n) is 3.72. The van der Waals surface area contributed by atoms with E-state index in [0.29, 0.717) is 5.84 Å². The van der Waals surface area contributed by atoms with E-state index in [2.05, 4.69) is 32.6 Å². The number of carboxylic acids is 1. The van der Waals surface area contributed by atoms with E-state index in [1.54, 1.807) is 6.92 Å². The summed E-state index contributed by atoms with van der Waals surface area (Å²) in [6.07, 6.45) is -0.306. The number of alkyl halides is 1. The van der Waals surface area contributed by atoms with Gasteiger partial charge < -0.3 is 10.8 Å². The third-order valence-electron chi connectivity index (χ3n) is 2.11. The van der Waals surface area contributed by atoms with Crippen molar-refractivity contribution in [3.63, 3.8) is 0 Å². The van der Waals surface area contributed by atoms with Crippen LogP contribution in [0.25, 0.3) is 0 Å². The van der Waals surface area contributed by atoms with E-state index < -0.39 is 23.2 Å². The van der Waals surface area contributed by atoms with Crippen LogP contribution in [-0.2, 0) is 4.79 Å². The fourth-order valence-corrected chi connectivity index (χ4v) is 1.38. The van der Waals surface area contributed by atoms with Gasteiger partial charge in [-0.15, -0.1) is 0 Å². The molecule has 0 rings (SSSR count). The van der Waals surface area contributed by atoms with E-state index in [0.717, 1.165) is 6.92 Å². The van der Waals surface area contributed by atoms with Gasteiger partial charge in [0, 0.05) is 29.0 Å². The summed E-state index contributed by atoms with van der Waals surface area (Å²) in [7, 11) is 0. The number of hydrogen-bond acceptors (Lipinski definition) is 2. The Morgan fingerprint density at radius 2 is 2.00 bits per heavy atom. The molecular weight excluding hydrogens is 498 g/mol. The lowest BCUT2D eigenvalue weighted by Crippen LogP contribution is -2.46. The van der Waals surface area contributed by atoms with E-state index in [1.165, 1.54) is 4.22 Å². The summed E-state index contributed by atoms with van der Waals surface area (Å²) in [4.78, 5) is 12.6. The van der Waals surface area contributed by atoms with Crippen molar-refractivity contribution in [2.45, 2.75) is 25.8 Å². The number of nitrogens with one attached hydrogen (secondary N) is 1. The SMILES string of the molecule is CC(=[N+]=CI)NCC/C(F)=C(\F)[C@](C)(N)C(=O)O.CI. The number of aliphatic carboxylic acids is 1. The fraction of sp³-hybridized carbons (Fsp3) is 0.545. The average molecular weight is 516 g/mol. The van der Waals surface area contributed by atoms with Gasteiger partial charge in [0.2, 0.25) is 4.22 Å². The topological polar surface area (TPSA) is 89.5 Å². The van der Waals surface area contributed by atoms with Gasteiger partial charge in [-0.25, -0.2) is 18.2 Å². The van der Waals surface area contributed by atoms with E-state index in [4.69, 9.17) is 10.8 Å². The highest BCUT2D eigenvalue weighted by Gasteiger charge is 2.36. The molecule has 20 heavy (non-hydrogen) atoms. The summed E-state index contributed by atoms with van der Waals surface area (Å²) in [5.41, 5.74) is 2.82. The van der Waals surface area contributed by atoms with Crippen LogP contribution in [0.5, 0.6) is 0 Å². The van der Waals surface area contributed by atoms with Gasteiger partial charge in [-0.2, -0.15) is 0 Å². The van der Waals surface area contributed by atoms with Crippen molar-refractivity contribution < 1.29 is 18.7 Å². The van der Waals surface area contributed by atoms with Crippen LogP contribution in [0.4, 0.5) is 8.78 Å². The number of halogens is 4. The Balaban J connectivity index is 0. The summed E-state index contributed by atoms with van der Waals surface area (Å²) >= 11 is 4.07. The van der Waals surface area contributed by atoms with Crippen molar-refractivity contribution in [1.82, 2.24) is 9.98 Å². The molecule has 0 aliphatic carbocycles. The number of hydrogen-bond donors (Lipinski definition) is 3. The van der Waals surface area contributed by atoms with Crippen molar-refractivity contribution in [1.29, 1.82) is 0 Å². The summed E-state index contributed by atoms with van der Waals surface area (Å²) in [6, 6.07) is 0. The molecule has 5 nitrogen and oxygen atoms in total. The molecule has 0 spiro atoms. The molecule has 4 N–H and O–H groups in total. The van der Waals surface area contributed by atoms with Crippen LogP contribution in [0.15, 0.2) is 11.7 Å². The Morgan fingerprint density at radius 1 is 1.50 bits per heavy atom. The molecule has 0 saturated heterocycles. The van der Waals surface area contributed by atoms with Gasteiger partial charge in [0.15, 0.2) is 11.4 Å². The summed E-state index contributed by atoms with van der Waals surface area (Å²) < 4.78 is 32.2. The number of nitrogens with two attached hydrogens (primary N) is 1. The first-order chi connectivity index (χ1) is 9.23. The minimum absolute atomic E-state index is 0.0920. The minimum atomic E-state index is -2.34. The molecular formula is C11H18F2I2N3O2+. The molecule has 0 unspecified atom stereocenters. The van der Waals surface area contributed by atoms with Crippen molar-refractivity contribution in [3.05, 3.63) is 11.7 Å². The predicted octanol–water partition coefficient (Wildman–Crippen LogP) is 1.92. The highest BCUT2D eigenvalue weighted by atomic mass is 127. The molecule has 116 valence electrons. The van der Waals surface area contributed by atoms with Crippen LogP contribution >= 0.6 is 45.2 Å². The van der Waals surface area contributed by atoms with Crippen LogP contribution in [0, 0.1) is 0 Å². The second kappa shape index (κ2) is 11.4. The van der Waals surface area contributed by atoms with Gasteiger partial charge in [0.25, 0.3) is 0 Å². The molecule has 0 aromatic heterocycles. The molecule has 0 saturated carbocycles. The molecule has 9 heteroatoms. The molecule has 0 aliphatic rings. The number of rotatable bonds is 5. The quantitative estimate of drug-likeness (QED) is 0.172. The van der Waals surface area contributed by atoms with Gasteiger partial charge in [-0.1, -0.05) is 22.6 Å². The van der Waals surface area contributed by atoms with Gasteiger partial charge >= 0.3 is 11.8 Å². The summed E-state index contributed by atoms with van der Waals surface area (Å²) in [5, 5.41) is 11.4. The smallest absolute Gasteiger partial charge is 0.340 e. The Morgan fingerprint density at radius 3 is 2.40 bits per heavy atom. The third kappa shape index (κ3) is 8.12. The standard InChI is InChI=1S/C10H14F2IN3O2.CH3I/c1-6(16-5-13)15-4-3-7(11)8(12)10(2,14)9(17)18;1-2/h5H,3-4,14H2,1-2H3,(H,17,18);1H3/p+1/b8-7+;/t10-;/m0./s1. The molecule has 0 aromatic rings. The Kier molecular flexibility index (Phi) is 12.6. The number of amidine groups is 1. The lowest BCUT2D eigenvalue weighted by atomic mass is 10.0. The summed E-state index contributed by atoms with van der Waals surface area (Å²) in [6.45, 7) is 2.65. The van der Waals surface area contributed by atoms with Gasteiger partial charge in [-0.05, 0) is 11.9 Å². The second-order valence-corrected chi connectivity index (χ2v) is 4.27. The van der Waals surface area contributed by atoms with Crippen LogP contribution < -0.4 is 15.7 Å². The Bertz CT molecular complexity index is 420. The van der Waals surface area contributed by atoms with Crippen molar-refractivity contribution in [3.8, 4) is 0 Å². The van der Waals surface area contributed by atoms with Crippen LogP contribution in [0.2, 0.25) is 0 Å². The minimum Gasteiger partial charge on any atom is -0.480 e. The zero-order valence-electron chi connectivity index (χ0n) is 11.4. The van der Waals surface area contributed by atoms with Crippen LogP contribution in [-0.4, -0.2) is 38.1 Å². The van der Waals surface area contributed by atoms with E-state index in [1.807, 2.05) is 27.5 Å². The first-order valence-electron chi connectivity index (χ1n) is 5.38. The molecule has 0 bridgehead atoms. The molecule has 0 fully saturated rings. The van der Waals surface area contributed by atoms with Gasteiger partial charge in [-0.3, -0.25) is 5.32 Å². The predicted molar refractivity (Wildman–Crippen MR) is 94.9 cm³/mol. The number of carboxylic acid groups (broad SMARTS) is 1. The van der Waals surface area contributed by atoms with Crippen molar-refractivity contribution in [2.75, 3.05) is 11.5 Å². The Labute approximate surface area is 144 Å². The van der Waals surface area contributed by atoms with Crippen molar-refractivity contribution in [2.24, 2.45) is 5.73 Å². The third-order valence-corrected chi connectivity index (χ3v) is 2.38. The van der Waals surface area contributed by atoms with Gasteiger partial charge in [0.05, 0.1) is 13.5 Å². The number of carbonyl (C=O) groups is 1. The molecule has 0 heterocycles. The fourth-order valence-electron chi connectivity index (χ4n) is 0.957. The maximum absolute atomic E-state index is 13.4. The average Bonchev–Trinajstić information content (AvgIpc) is 2.40. The molecule has 0 radical (unpaired) electrons. The first kappa shape index (κ1) is 22.0. The lowest BCUT2D eigenvalue weighted by Gasteiger charge is -2.17. The monoisotopic (exact) mass is 516 g/mol. The van der Waals surface area contributed by atoms with Crippen molar-refractivity contribution >= 4 is 61.2 Å². The van der Waals surface area contributed by atoms with Crippen LogP contribution in [0.1, 0.15) is 20.3 Å². The highest BCUT2D eigenvalue weighted by Crippen LogP contribution is 2.22. The lowest BCUT2D eigenvalue weighted by molar-refractivity contribution is -0.141. The van der Waals surface area contributed by atoms with Crippen LogP contribution in [0.3, 0.4) is 0 Å². The molecule has 0 aromatic carbocycles. The van der Waals surface area contributed by atoms with E-state index in [9.17, 15) is 13.6 Å². The summed E-state index contributed by atoms with van der Waals surface area (Å²) in [5.74, 6) is -3.72. The maximum Gasteiger partial charge on any atom is 0.340 e. The molecule has 0 amide bonds. The first-order valence-corrected chi connectivity index (χ1v) is 8.78. The molecule has 1 atom stereocenters. The molecule has 0 aliphatic heterocycles. The largest absolute Gasteiger partial charge is 0.480 e. The maximum atomic E-state index is 13.4. The van der Waals surface area contributed by atoms with E-state index in [-0.39, 0.29) is 13.0 Å². The van der Waals surface area contributed by atoms with E-state index >= 15 is 0 Å². The zero-order valence-corrected chi connectivity index (χ0v) is 15.7. The zero-order chi connectivity index (χ0) is 16.3. The Hall–Kier alpha value is -0.260. The van der Waals surface area contributed by atoms with Gasteiger partial charge in [0.1, 0.15) is 5.83 Å². The highest BCUT2D eigenvalue weighted by molar-refractivity contribution is 14.1. The number of nitrogens with zero attached hydrogens (tertiary/aromatic N) is 1.